The smallest absolute Gasteiger partial charge is 0.291 e. The lowest BCUT2D eigenvalue weighted by molar-refractivity contribution is -0.0754. The van der Waals surface area contributed by atoms with Gasteiger partial charge in [0.1, 0.15) is 0 Å². The molecule has 1 saturated heterocycles. The Morgan fingerprint density at radius 1 is 1.36 bits per heavy atom. The van der Waals surface area contributed by atoms with Crippen LogP contribution in [0.2, 0.25) is 0 Å². The molecule has 1 aliphatic heterocycles. The predicted molar refractivity (Wildman–Crippen MR) is 96.1 cm³/mol. The maximum absolute atomic E-state index is 12.5. The molecule has 0 unspecified atom stereocenters. The van der Waals surface area contributed by atoms with Gasteiger partial charge in [-0.3, -0.25) is 9.69 Å². The molecule has 4 atom stereocenters. The number of hydrogen-bond donors (Lipinski definition) is 1. The Kier molecular flexibility index (Phi) is 4.86. The van der Waals surface area contributed by atoms with Crippen LogP contribution in [0.4, 0.5) is 0 Å². The van der Waals surface area contributed by atoms with Crippen molar-refractivity contribution in [2.24, 2.45) is 5.41 Å². The Morgan fingerprint density at radius 2 is 2.04 bits per heavy atom. The number of rotatable bonds is 3. The molecule has 0 aromatic carbocycles. The van der Waals surface area contributed by atoms with Gasteiger partial charge in [-0.2, -0.15) is 0 Å². The van der Waals surface area contributed by atoms with Gasteiger partial charge in [-0.05, 0) is 39.3 Å². The van der Waals surface area contributed by atoms with Crippen molar-refractivity contribution in [1.82, 2.24) is 19.8 Å². The molecule has 0 bridgehead atoms. The first-order valence-electron chi connectivity index (χ1n) is 9.23. The molecule has 1 amide bonds. The van der Waals surface area contributed by atoms with Crippen LogP contribution < -0.4 is 0 Å². The molecule has 1 saturated carbocycles. The fourth-order valence-corrected chi connectivity index (χ4v) is 4.84. The van der Waals surface area contributed by atoms with Crippen molar-refractivity contribution in [3.63, 3.8) is 0 Å². The highest BCUT2D eigenvalue weighted by molar-refractivity contribution is 5.90. The van der Waals surface area contributed by atoms with E-state index in [2.05, 4.69) is 28.8 Å². The second kappa shape index (κ2) is 6.65. The van der Waals surface area contributed by atoms with Gasteiger partial charge in [-0.15, -0.1) is 0 Å². The molecule has 25 heavy (non-hydrogen) atoms. The lowest BCUT2D eigenvalue weighted by atomic mass is 9.67. The lowest BCUT2D eigenvalue weighted by Gasteiger charge is -2.43. The monoisotopic (exact) mass is 346 g/mol. The number of nitrogens with zero attached hydrogens (tertiary/aromatic N) is 4. The summed E-state index contributed by atoms with van der Waals surface area (Å²) in [5, 5.41) is 11.1. The second-order valence-corrected chi connectivity index (χ2v) is 8.23. The zero-order valence-electron chi connectivity index (χ0n) is 15.8. The average molecular weight is 346 g/mol. The molecule has 6 heteroatoms. The highest BCUT2D eigenvalue weighted by Gasteiger charge is 2.57. The number of likely N-dealkylation sites (tertiary alicyclic amines) is 1. The molecular formula is C19H30N4O2. The zero-order chi connectivity index (χ0) is 18.2. The van der Waals surface area contributed by atoms with Crippen molar-refractivity contribution in [3.8, 4) is 0 Å². The van der Waals surface area contributed by atoms with Gasteiger partial charge in [0.25, 0.3) is 5.91 Å². The average Bonchev–Trinajstić information content (AvgIpc) is 2.76. The Balaban J connectivity index is 1.75. The second-order valence-electron chi connectivity index (χ2n) is 8.23. The third kappa shape index (κ3) is 3.17. The SMILES string of the molecule is CN(C[C@H]1C[C@]2(C)[C@@H](CCCC[C@]2(C)O)N1C)C(=O)c1ncccn1. The molecule has 2 fully saturated rings. The standard InChI is InChI=1S/C19H30N4O2/c1-18-12-14(13-22(3)17(24)16-20-10-7-11-21-16)23(4)15(18)8-5-6-9-19(18,2)25/h7,10-11,14-15,25H,5-6,8-9,12-13H2,1-4H3/t14-,15-,18-,19+/m1/s1. The van der Waals surface area contributed by atoms with E-state index in [-0.39, 0.29) is 23.2 Å². The van der Waals surface area contributed by atoms with Crippen molar-refractivity contribution in [2.75, 3.05) is 20.6 Å². The molecule has 0 radical (unpaired) electrons. The van der Waals surface area contributed by atoms with Crippen LogP contribution in [0.3, 0.4) is 0 Å². The van der Waals surface area contributed by atoms with Gasteiger partial charge in [0.05, 0.1) is 5.60 Å². The van der Waals surface area contributed by atoms with Gasteiger partial charge in [-0.25, -0.2) is 9.97 Å². The van der Waals surface area contributed by atoms with Crippen LogP contribution in [-0.4, -0.2) is 69.1 Å². The topological polar surface area (TPSA) is 69.6 Å². The molecule has 1 aromatic heterocycles. The summed E-state index contributed by atoms with van der Waals surface area (Å²) in [6.07, 6.45) is 8.28. The zero-order valence-corrected chi connectivity index (χ0v) is 15.8. The number of likely N-dealkylation sites (N-methyl/N-ethyl adjacent to an activating group) is 2. The fraction of sp³-hybridized carbons (Fsp3) is 0.737. The van der Waals surface area contributed by atoms with Crippen molar-refractivity contribution in [2.45, 2.75) is 63.6 Å². The summed E-state index contributed by atoms with van der Waals surface area (Å²) in [7, 11) is 3.94. The molecular weight excluding hydrogens is 316 g/mol. The summed E-state index contributed by atoms with van der Waals surface area (Å²) in [5.41, 5.74) is -0.807. The summed E-state index contributed by atoms with van der Waals surface area (Å²) >= 11 is 0. The van der Waals surface area contributed by atoms with Gasteiger partial charge in [0, 0.05) is 43.5 Å². The molecule has 138 valence electrons. The molecule has 1 aromatic rings. The molecule has 1 N–H and O–H groups in total. The number of amides is 1. The minimum Gasteiger partial charge on any atom is -0.390 e. The quantitative estimate of drug-likeness (QED) is 0.906. The fourth-order valence-electron chi connectivity index (χ4n) is 4.84. The molecule has 0 spiro atoms. The predicted octanol–water partition coefficient (Wildman–Crippen LogP) is 1.95. The van der Waals surface area contributed by atoms with Crippen LogP contribution in [0.25, 0.3) is 0 Å². The van der Waals surface area contributed by atoms with E-state index < -0.39 is 5.60 Å². The first-order valence-corrected chi connectivity index (χ1v) is 9.23. The number of carbonyl (C=O) groups excluding carboxylic acids is 1. The minimum absolute atomic E-state index is 0.143. The van der Waals surface area contributed by atoms with E-state index in [4.69, 9.17) is 0 Å². The van der Waals surface area contributed by atoms with E-state index in [1.54, 1.807) is 30.4 Å². The van der Waals surface area contributed by atoms with E-state index in [0.717, 1.165) is 32.1 Å². The molecule has 2 aliphatic rings. The third-order valence-electron chi connectivity index (χ3n) is 6.67. The van der Waals surface area contributed by atoms with Gasteiger partial charge >= 0.3 is 0 Å². The summed E-state index contributed by atoms with van der Waals surface area (Å²) in [6.45, 7) is 4.84. The number of aliphatic hydroxyl groups is 1. The van der Waals surface area contributed by atoms with Crippen molar-refractivity contribution in [1.29, 1.82) is 0 Å². The van der Waals surface area contributed by atoms with E-state index in [9.17, 15) is 9.90 Å². The Labute approximate surface area is 150 Å². The largest absolute Gasteiger partial charge is 0.390 e. The van der Waals surface area contributed by atoms with Crippen molar-refractivity contribution in [3.05, 3.63) is 24.3 Å². The van der Waals surface area contributed by atoms with Crippen LogP contribution in [-0.2, 0) is 0 Å². The normalized spacial score (nSPS) is 35.9. The van der Waals surface area contributed by atoms with Crippen LogP contribution in [0.5, 0.6) is 0 Å². The van der Waals surface area contributed by atoms with E-state index in [1.165, 1.54) is 0 Å². The van der Waals surface area contributed by atoms with Gasteiger partial charge in [-0.1, -0.05) is 19.8 Å². The highest BCUT2D eigenvalue weighted by atomic mass is 16.3. The Morgan fingerprint density at radius 3 is 2.72 bits per heavy atom. The van der Waals surface area contributed by atoms with Gasteiger partial charge in [0.15, 0.2) is 0 Å². The number of aromatic nitrogens is 2. The molecule has 2 heterocycles. The molecule has 6 nitrogen and oxygen atoms in total. The summed E-state index contributed by atoms with van der Waals surface area (Å²) in [6, 6.07) is 2.29. The molecule has 1 aliphatic carbocycles. The van der Waals surface area contributed by atoms with Crippen LogP contribution in [0.1, 0.15) is 56.6 Å². The van der Waals surface area contributed by atoms with Gasteiger partial charge < -0.3 is 10.0 Å². The van der Waals surface area contributed by atoms with Crippen LogP contribution in [0.15, 0.2) is 18.5 Å². The minimum atomic E-state index is -0.664. The summed E-state index contributed by atoms with van der Waals surface area (Å²) in [4.78, 5) is 24.8. The number of carbonyl (C=O) groups is 1. The summed E-state index contributed by atoms with van der Waals surface area (Å²) < 4.78 is 0. The van der Waals surface area contributed by atoms with Gasteiger partial charge in [0.2, 0.25) is 5.82 Å². The maximum Gasteiger partial charge on any atom is 0.291 e. The summed E-state index contributed by atoms with van der Waals surface area (Å²) in [5.74, 6) is 0.0797. The maximum atomic E-state index is 12.5. The van der Waals surface area contributed by atoms with Crippen LogP contribution in [0, 0.1) is 5.41 Å². The first kappa shape index (κ1) is 18.3. The third-order valence-corrected chi connectivity index (χ3v) is 6.67. The van der Waals surface area contributed by atoms with Crippen LogP contribution >= 0.6 is 0 Å². The molecule has 3 rings (SSSR count). The highest BCUT2D eigenvalue weighted by Crippen LogP contribution is 2.52. The Bertz CT molecular complexity index is 621. The van der Waals surface area contributed by atoms with E-state index in [1.807, 2.05) is 6.92 Å². The number of fused-ring (bicyclic) bond motifs is 1. The number of hydrogen-bond acceptors (Lipinski definition) is 5. The first-order chi connectivity index (χ1) is 11.8. The van der Waals surface area contributed by atoms with E-state index >= 15 is 0 Å². The Hall–Kier alpha value is -1.53. The van der Waals surface area contributed by atoms with Crippen molar-refractivity contribution < 1.29 is 9.90 Å². The van der Waals surface area contributed by atoms with Crippen molar-refractivity contribution >= 4 is 5.91 Å². The van der Waals surface area contributed by atoms with E-state index in [0.29, 0.717) is 12.6 Å². The lowest BCUT2D eigenvalue weighted by Crippen LogP contribution is -2.50.